The Hall–Kier alpha value is -7.60. The molecule has 3 N–H and O–H groups in total. The fraction of sp³-hybridized carbons (Fsp3) is 0.308. The van der Waals surface area contributed by atoms with Crippen molar-refractivity contribution in [2.24, 2.45) is 0 Å². The van der Waals surface area contributed by atoms with Gasteiger partial charge in [0.25, 0.3) is 0 Å². The number of aryl methyl sites for hydroxylation is 1. The molecule has 0 atom stereocenters. The third-order valence-electron chi connectivity index (χ3n) is 12.0. The molecule has 0 bridgehead atoms. The topological polar surface area (TPSA) is 206 Å². The van der Waals surface area contributed by atoms with Gasteiger partial charge in [0, 0.05) is 82.2 Å². The van der Waals surface area contributed by atoms with Crippen molar-refractivity contribution in [3.05, 3.63) is 131 Å². The van der Waals surface area contributed by atoms with Gasteiger partial charge in [0.05, 0.1) is 52.6 Å². The van der Waals surface area contributed by atoms with E-state index in [0.717, 1.165) is 34.4 Å². The molecule has 0 unspecified atom stereocenters. The van der Waals surface area contributed by atoms with E-state index in [2.05, 4.69) is 26.6 Å². The van der Waals surface area contributed by atoms with Crippen LogP contribution in [0.5, 0.6) is 28.7 Å². The normalized spacial score (nSPS) is 13.7. The van der Waals surface area contributed by atoms with Crippen molar-refractivity contribution in [1.82, 2.24) is 29.7 Å². The van der Waals surface area contributed by atoms with Gasteiger partial charge in [-0.1, -0.05) is 13.0 Å². The number of carbonyl (C=O) groups excluding carboxylic acids is 2. The quantitative estimate of drug-likeness (QED) is 0.0838. The molecule has 7 rings (SSSR count). The van der Waals surface area contributed by atoms with E-state index in [1.807, 2.05) is 42.5 Å². The van der Waals surface area contributed by atoms with Crippen LogP contribution >= 0.6 is 0 Å². The third-order valence-corrected chi connectivity index (χ3v) is 12.0. The first-order valence-corrected chi connectivity index (χ1v) is 22.3. The van der Waals surface area contributed by atoms with Crippen LogP contribution in [0.25, 0.3) is 33.4 Å². The smallest absolute Gasteiger partial charge is 0.356 e. The molecule has 1 aliphatic rings. The SMILES string of the molecule is CCc1cc(OC)ccc1-c1cc(CN2CCN(Cc3cc(-c4ccc(O)cc4O)cc(C(=O)O)n3)CCN(Cc3cc(-c4ccc(OC)cc4OC)cc(C(=O)OC)n3)CC2)nc(C(=O)OC)c1. The Labute approximate surface area is 400 Å². The largest absolute Gasteiger partial charge is 0.508 e. The summed E-state index contributed by atoms with van der Waals surface area (Å²) in [5, 5.41) is 30.8. The van der Waals surface area contributed by atoms with Crippen LogP contribution in [-0.2, 0) is 35.5 Å². The molecule has 0 aliphatic carbocycles. The van der Waals surface area contributed by atoms with E-state index in [-0.39, 0.29) is 35.1 Å². The van der Waals surface area contributed by atoms with Crippen LogP contribution in [0.4, 0.5) is 0 Å². The maximum absolute atomic E-state index is 13.1. The number of carbonyl (C=O) groups is 3. The van der Waals surface area contributed by atoms with E-state index in [9.17, 15) is 29.7 Å². The minimum Gasteiger partial charge on any atom is -0.508 e. The Bertz CT molecular complexity index is 2700. The molecule has 3 aromatic heterocycles. The number of pyridine rings is 3. The van der Waals surface area contributed by atoms with Crippen molar-refractivity contribution in [3.8, 4) is 62.1 Å². The molecule has 17 heteroatoms. The molecule has 1 saturated heterocycles. The molecule has 6 aromatic rings. The Kier molecular flexibility index (Phi) is 16.1. The van der Waals surface area contributed by atoms with Gasteiger partial charge in [0.1, 0.15) is 45.8 Å². The molecule has 3 aromatic carbocycles. The highest BCUT2D eigenvalue weighted by atomic mass is 16.5. The lowest BCUT2D eigenvalue weighted by molar-refractivity contribution is 0.0584. The molecule has 360 valence electrons. The second-order valence-electron chi connectivity index (χ2n) is 16.5. The molecule has 0 saturated carbocycles. The van der Waals surface area contributed by atoms with E-state index in [4.69, 9.17) is 33.7 Å². The number of ether oxygens (including phenoxy) is 5. The van der Waals surface area contributed by atoms with Crippen LogP contribution in [0, 0.1) is 0 Å². The van der Waals surface area contributed by atoms with Crippen molar-refractivity contribution in [2.45, 2.75) is 33.0 Å². The zero-order chi connectivity index (χ0) is 49.2. The summed E-state index contributed by atoms with van der Waals surface area (Å²) < 4.78 is 27.0. The van der Waals surface area contributed by atoms with Gasteiger partial charge in [-0.3, -0.25) is 14.7 Å². The summed E-state index contributed by atoms with van der Waals surface area (Å²) in [6.45, 7) is 6.32. The maximum atomic E-state index is 13.1. The van der Waals surface area contributed by atoms with Crippen LogP contribution in [-0.4, -0.2) is 138 Å². The van der Waals surface area contributed by atoms with Gasteiger partial charge >= 0.3 is 17.9 Å². The third kappa shape index (κ3) is 12.1. The summed E-state index contributed by atoms with van der Waals surface area (Å²) in [5.74, 6) is -0.831. The number of nitrogens with zero attached hydrogens (tertiary/aromatic N) is 6. The number of hydrogen-bond acceptors (Lipinski definition) is 16. The van der Waals surface area contributed by atoms with Gasteiger partial charge in [-0.15, -0.1) is 0 Å². The number of aromatic nitrogens is 3. The van der Waals surface area contributed by atoms with Gasteiger partial charge in [-0.2, -0.15) is 0 Å². The Morgan fingerprint density at radius 3 is 1.41 bits per heavy atom. The molecule has 1 fully saturated rings. The Morgan fingerprint density at radius 1 is 0.522 bits per heavy atom. The zero-order valence-corrected chi connectivity index (χ0v) is 39.5. The number of carboxylic acid groups (broad SMARTS) is 1. The van der Waals surface area contributed by atoms with E-state index in [0.29, 0.717) is 97.6 Å². The van der Waals surface area contributed by atoms with E-state index >= 15 is 0 Å². The van der Waals surface area contributed by atoms with Crippen molar-refractivity contribution < 1.29 is 53.4 Å². The first-order chi connectivity index (χ1) is 33.3. The van der Waals surface area contributed by atoms with E-state index in [1.165, 1.54) is 38.5 Å². The summed E-state index contributed by atoms with van der Waals surface area (Å²) in [4.78, 5) is 59.3. The molecular formula is C52H56N6O11. The van der Waals surface area contributed by atoms with Crippen LogP contribution in [0.2, 0.25) is 0 Å². The van der Waals surface area contributed by atoms with Crippen LogP contribution < -0.4 is 14.2 Å². The van der Waals surface area contributed by atoms with E-state index in [1.54, 1.807) is 45.6 Å². The number of phenols is 2. The van der Waals surface area contributed by atoms with Crippen molar-refractivity contribution in [2.75, 3.05) is 74.8 Å². The number of carboxylic acids is 1. The van der Waals surface area contributed by atoms with Crippen molar-refractivity contribution in [3.63, 3.8) is 0 Å². The lowest BCUT2D eigenvalue weighted by atomic mass is 9.97. The van der Waals surface area contributed by atoms with Crippen LogP contribution in [0.1, 0.15) is 61.0 Å². The fourth-order valence-corrected chi connectivity index (χ4v) is 8.42. The number of esters is 2. The number of phenolic OH excluding ortho intramolecular Hbond substituents is 2. The lowest BCUT2D eigenvalue weighted by Gasteiger charge is -2.26. The van der Waals surface area contributed by atoms with E-state index < -0.39 is 17.9 Å². The summed E-state index contributed by atoms with van der Waals surface area (Å²) >= 11 is 0. The minimum atomic E-state index is -1.23. The molecule has 4 heterocycles. The summed E-state index contributed by atoms with van der Waals surface area (Å²) in [6, 6.07) is 25.9. The second-order valence-corrected chi connectivity index (χ2v) is 16.5. The van der Waals surface area contributed by atoms with Gasteiger partial charge in [0.15, 0.2) is 0 Å². The molecule has 0 radical (unpaired) electrons. The molecule has 0 spiro atoms. The first-order valence-electron chi connectivity index (χ1n) is 22.3. The maximum Gasteiger partial charge on any atom is 0.356 e. The van der Waals surface area contributed by atoms with Gasteiger partial charge in [-0.25, -0.2) is 29.3 Å². The van der Waals surface area contributed by atoms with Crippen molar-refractivity contribution >= 4 is 17.9 Å². The Morgan fingerprint density at radius 2 is 0.957 bits per heavy atom. The molecule has 0 amide bonds. The molecule has 69 heavy (non-hydrogen) atoms. The monoisotopic (exact) mass is 940 g/mol. The summed E-state index contributed by atoms with van der Waals surface area (Å²) in [6.07, 6.45) is 0.726. The predicted molar refractivity (Wildman–Crippen MR) is 257 cm³/mol. The highest BCUT2D eigenvalue weighted by Crippen LogP contribution is 2.36. The number of rotatable bonds is 16. The molecular weight excluding hydrogens is 885 g/mol. The predicted octanol–water partition coefficient (Wildman–Crippen LogP) is 6.96. The standard InChI is InChI=1S/C52H56N6O11/c1-7-32-23-40(65-2)9-12-42(32)33-20-37(54-46(25-33)51(63)68-5)30-57-16-14-56(29-36-21-34(24-45(53-36)50(61)62)43-11-8-39(59)27-48(43)60)15-17-58(19-18-57)31-38-22-35(26-47(55-38)52(64)69-6)44-13-10-41(66-3)28-49(44)67-4/h8-13,20-28,59-60H,7,14-19,29-31H2,1-6H3,(H,61,62). The lowest BCUT2D eigenvalue weighted by Crippen LogP contribution is -2.36. The average Bonchev–Trinajstić information content (AvgIpc) is 3.45. The average molecular weight is 941 g/mol. The highest BCUT2D eigenvalue weighted by molar-refractivity contribution is 5.90. The number of aromatic hydroxyl groups is 2. The zero-order valence-electron chi connectivity index (χ0n) is 39.5. The minimum absolute atomic E-state index is 0.130. The van der Waals surface area contributed by atoms with Crippen molar-refractivity contribution in [1.29, 1.82) is 0 Å². The number of methoxy groups -OCH3 is 5. The molecule has 17 nitrogen and oxygen atoms in total. The summed E-state index contributed by atoms with van der Waals surface area (Å²) in [7, 11) is 7.41. The summed E-state index contributed by atoms with van der Waals surface area (Å²) in [5.41, 5.74) is 6.84. The van der Waals surface area contributed by atoms with Crippen LogP contribution in [0.3, 0.4) is 0 Å². The first kappa shape index (κ1) is 49.3. The van der Waals surface area contributed by atoms with Gasteiger partial charge in [0.2, 0.25) is 0 Å². The number of hydrogen-bond donors (Lipinski definition) is 3. The fourth-order valence-electron chi connectivity index (χ4n) is 8.42. The number of aromatic carboxylic acids is 1. The van der Waals surface area contributed by atoms with Gasteiger partial charge < -0.3 is 39.0 Å². The second kappa shape index (κ2) is 22.5. The highest BCUT2D eigenvalue weighted by Gasteiger charge is 2.23. The van der Waals surface area contributed by atoms with Crippen LogP contribution in [0.15, 0.2) is 91.0 Å². The Balaban J connectivity index is 1.25. The van der Waals surface area contributed by atoms with Gasteiger partial charge in [-0.05, 0) is 107 Å². The molecule has 1 aliphatic heterocycles. The number of benzene rings is 3.